The van der Waals surface area contributed by atoms with E-state index >= 15 is 0 Å². The number of carbonyl (C=O) groups is 2. The van der Waals surface area contributed by atoms with Crippen LogP contribution in [0.4, 0.5) is 11.4 Å². The molecule has 0 bridgehead atoms. The van der Waals surface area contributed by atoms with Crippen molar-refractivity contribution >= 4 is 44.8 Å². The summed E-state index contributed by atoms with van der Waals surface area (Å²) in [6.07, 6.45) is 0.536. The maximum absolute atomic E-state index is 13.7. The molecule has 0 radical (unpaired) electrons. The first-order valence-corrected chi connectivity index (χ1v) is 15.2. The van der Waals surface area contributed by atoms with Gasteiger partial charge >= 0.3 is 0 Å². The molecular formula is C32H32ClN3O6S. The van der Waals surface area contributed by atoms with E-state index in [4.69, 9.17) is 21.1 Å². The summed E-state index contributed by atoms with van der Waals surface area (Å²) in [5.41, 5.74) is 2.46. The summed E-state index contributed by atoms with van der Waals surface area (Å²) in [6, 6.07) is 24.7. The molecule has 0 atom stereocenters. The highest BCUT2D eigenvalue weighted by molar-refractivity contribution is 7.92. The SMILES string of the molecule is COc1ccc(CCNC(=O)c2ccccc2NC(=O)CN(c2ccccc2C)S(=O)(=O)c2ccc(Cl)cc2)cc1OC. The largest absolute Gasteiger partial charge is 0.493 e. The van der Waals surface area contributed by atoms with Gasteiger partial charge in [-0.05, 0) is 79.1 Å². The van der Waals surface area contributed by atoms with Crippen LogP contribution in [0.15, 0.2) is 95.9 Å². The number of anilines is 2. The number of sulfonamides is 1. The van der Waals surface area contributed by atoms with Crippen molar-refractivity contribution in [2.75, 3.05) is 36.9 Å². The smallest absolute Gasteiger partial charge is 0.264 e. The van der Waals surface area contributed by atoms with Crippen LogP contribution >= 0.6 is 11.6 Å². The van der Waals surface area contributed by atoms with Crippen molar-refractivity contribution in [2.45, 2.75) is 18.2 Å². The van der Waals surface area contributed by atoms with E-state index < -0.39 is 22.5 Å². The lowest BCUT2D eigenvalue weighted by Gasteiger charge is -2.25. The van der Waals surface area contributed by atoms with Gasteiger partial charge in [0.15, 0.2) is 11.5 Å². The number of nitrogens with zero attached hydrogens (tertiary/aromatic N) is 1. The average Bonchev–Trinajstić information content (AvgIpc) is 3.00. The molecule has 2 N–H and O–H groups in total. The molecule has 2 amide bonds. The molecule has 9 nitrogen and oxygen atoms in total. The van der Waals surface area contributed by atoms with Crippen LogP contribution in [0.2, 0.25) is 5.02 Å². The molecule has 0 aliphatic carbocycles. The topological polar surface area (TPSA) is 114 Å². The lowest BCUT2D eigenvalue weighted by atomic mass is 10.1. The first-order valence-electron chi connectivity index (χ1n) is 13.4. The van der Waals surface area contributed by atoms with E-state index in [1.54, 1.807) is 75.7 Å². The van der Waals surface area contributed by atoms with Crippen LogP contribution in [-0.2, 0) is 21.2 Å². The van der Waals surface area contributed by atoms with Crippen LogP contribution in [0.1, 0.15) is 21.5 Å². The van der Waals surface area contributed by atoms with Crippen LogP contribution < -0.4 is 24.4 Å². The van der Waals surface area contributed by atoms with E-state index in [9.17, 15) is 18.0 Å². The van der Waals surface area contributed by atoms with Gasteiger partial charge in [-0.1, -0.05) is 48.0 Å². The number of hydrogen-bond donors (Lipinski definition) is 2. The summed E-state index contributed by atoms with van der Waals surface area (Å²) in [7, 11) is -1.02. The van der Waals surface area contributed by atoms with Gasteiger partial charge in [-0.2, -0.15) is 0 Å². The van der Waals surface area contributed by atoms with Crippen molar-refractivity contribution in [2.24, 2.45) is 0 Å². The molecule has 4 rings (SSSR count). The molecule has 0 aliphatic rings. The fourth-order valence-corrected chi connectivity index (χ4v) is 6.05. The summed E-state index contributed by atoms with van der Waals surface area (Å²) < 4.78 is 39.0. The molecule has 0 aliphatic heterocycles. The predicted octanol–water partition coefficient (Wildman–Crippen LogP) is 5.47. The Balaban J connectivity index is 1.49. The normalized spacial score (nSPS) is 11.0. The summed E-state index contributed by atoms with van der Waals surface area (Å²) >= 11 is 5.97. The number of amides is 2. The first-order chi connectivity index (χ1) is 20.6. The van der Waals surface area contributed by atoms with E-state index in [-0.39, 0.29) is 22.1 Å². The number of rotatable bonds is 12. The molecule has 11 heteroatoms. The zero-order chi connectivity index (χ0) is 31.0. The van der Waals surface area contributed by atoms with Crippen molar-refractivity contribution in [1.82, 2.24) is 5.32 Å². The van der Waals surface area contributed by atoms with Crippen molar-refractivity contribution < 1.29 is 27.5 Å². The molecule has 224 valence electrons. The summed E-state index contributed by atoms with van der Waals surface area (Å²) in [6.45, 7) is 1.57. The summed E-state index contributed by atoms with van der Waals surface area (Å²) in [5, 5.41) is 5.98. The second kappa shape index (κ2) is 14.1. The Morgan fingerprint density at radius 2 is 1.53 bits per heavy atom. The third kappa shape index (κ3) is 7.65. The van der Waals surface area contributed by atoms with Gasteiger partial charge in [0, 0.05) is 11.6 Å². The molecule has 0 unspecified atom stereocenters. The molecule has 4 aromatic rings. The Kier molecular flexibility index (Phi) is 10.3. The molecule has 43 heavy (non-hydrogen) atoms. The molecule has 0 aromatic heterocycles. The minimum atomic E-state index is -4.14. The van der Waals surface area contributed by atoms with E-state index in [1.807, 2.05) is 12.1 Å². The standard InChI is InChI=1S/C32H32ClN3O6S/c1-22-8-4-7-11-28(22)36(43(39,40)25-15-13-24(33)14-16-25)21-31(37)35-27-10-6-5-9-26(27)32(38)34-19-18-23-12-17-29(41-2)30(20-23)42-3/h4-17,20H,18-19,21H2,1-3H3,(H,34,38)(H,35,37). The van der Waals surface area contributed by atoms with Crippen molar-refractivity contribution in [3.63, 3.8) is 0 Å². The van der Waals surface area contributed by atoms with E-state index in [2.05, 4.69) is 10.6 Å². The third-order valence-corrected chi connectivity index (χ3v) is 8.69. The maximum atomic E-state index is 13.7. The number of hydrogen-bond acceptors (Lipinski definition) is 6. The second-order valence-corrected chi connectivity index (χ2v) is 11.8. The third-order valence-electron chi connectivity index (χ3n) is 6.67. The number of ether oxygens (including phenoxy) is 2. The number of para-hydroxylation sites is 2. The Morgan fingerprint density at radius 3 is 2.23 bits per heavy atom. The number of methoxy groups -OCH3 is 2. The molecule has 0 fully saturated rings. The van der Waals surface area contributed by atoms with Crippen molar-refractivity contribution in [1.29, 1.82) is 0 Å². The van der Waals surface area contributed by atoms with Gasteiger partial charge in [0.25, 0.3) is 15.9 Å². The number of halogens is 1. The van der Waals surface area contributed by atoms with Crippen LogP contribution in [0, 0.1) is 6.92 Å². The monoisotopic (exact) mass is 621 g/mol. The fourth-order valence-electron chi connectivity index (χ4n) is 4.44. The first kappa shape index (κ1) is 31.4. The number of nitrogens with one attached hydrogen (secondary N) is 2. The Morgan fingerprint density at radius 1 is 0.860 bits per heavy atom. The van der Waals surface area contributed by atoms with E-state index in [0.717, 1.165) is 9.87 Å². The van der Waals surface area contributed by atoms with Gasteiger partial charge in [-0.15, -0.1) is 0 Å². The highest BCUT2D eigenvalue weighted by Gasteiger charge is 2.28. The number of aryl methyl sites for hydroxylation is 1. The molecule has 0 heterocycles. The number of carbonyl (C=O) groups excluding carboxylic acids is 2. The van der Waals surface area contributed by atoms with E-state index in [0.29, 0.717) is 40.7 Å². The molecule has 0 saturated heterocycles. The predicted molar refractivity (Wildman–Crippen MR) is 168 cm³/mol. The fraction of sp³-hybridized carbons (Fsp3) is 0.188. The van der Waals surface area contributed by atoms with Crippen LogP contribution in [-0.4, -0.2) is 47.5 Å². The lowest BCUT2D eigenvalue weighted by molar-refractivity contribution is -0.114. The highest BCUT2D eigenvalue weighted by atomic mass is 35.5. The zero-order valence-electron chi connectivity index (χ0n) is 24.0. The molecule has 0 saturated carbocycles. The minimum absolute atomic E-state index is 0.0118. The van der Waals surface area contributed by atoms with Gasteiger partial charge in [0.2, 0.25) is 5.91 Å². The van der Waals surface area contributed by atoms with Crippen molar-refractivity contribution in [3.05, 3.63) is 113 Å². The quantitative estimate of drug-likeness (QED) is 0.217. The molecular weight excluding hydrogens is 590 g/mol. The van der Waals surface area contributed by atoms with Gasteiger partial charge in [-0.25, -0.2) is 8.42 Å². The maximum Gasteiger partial charge on any atom is 0.264 e. The zero-order valence-corrected chi connectivity index (χ0v) is 25.5. The summed E-state index contributed by atoms with van der Waals surface area (Å²) in [5.74, 6) is 0.200. The summed E-state index contributed by atoms with van der Waals surface area (Å²) in [4.78, 5) is 26.4. The minimum Gasteiger partial charge on any atom is -0.493 e. The number of benzene rings is 4. The van der Waals surface area contributed by atoms with Gasteiger partial charge in [0.1, 0.15) is 6.54 Å². The Hall–Kier alpha value is -4.54. The molecule has 0 spiro atoms. The van der Waals surface area contributed by atoms with Crippen LogP contribution in [0.5, 0.6) is 11.5 Å². The van der Waals surface area contributed by atoms with Crippen LogP contribution in [0.25, 0.3) is 0 Å². The second-order valence-electron chi connectivity index (χ2n) is 9.54. The molecule has 4 aromatic carbocycles. The van der Waals surface area contributed by atoms with Crippen molar-refractivity contribution in [3.8, 4) is 11.5 Å². The van der Waals surface area contributed by atoms with Gasteiger partial charge in [-0.3, -0.25) is 13.9 Å². The van der Waals surface area contributed by atoms with E-state index in [1.165, 1.54) is 24.3 Å². The Labute approximate surface area is 256 Å². The average molecular weight is 622 g/mol. The lowest BCUT2D eigenvalue weighted by Crippen LogP contribution is -2.39. The van der Waals surface area contributed by atoms with Gasteiger partial charge < -0.3 is 20.1 Å². The van der Waals surface area contributed by atoms with Gasteiger partial charge in [0.05, 0.1) is 36.1 Å². The Bertz CT molecular complexity index is 1710. The van der Waals surface area contributed by atoms with Crippen LogP contribution in [0.3, 0.4) is 0 Å². The highest BCUT2D eigenvalue weighted by Crippen LogP contribution is 2.29.